The SMILES string of the molecule is CC(C)(C)OC(=O)NCC(O)C(O)c1[nH]nc2cc(Br)ccc12. The van der Waals surface area contributed by atoms with Crippen LogP contribution < -0.4 is 5.32 Å². The maximum Gasteiger partial charge on any atom is 0.407 e. The van der Waals surface area contributed by atoms with E-state index in [2.05, 4.69) is 31.4 Å². The van der Waals surface area contributed by atoms with E-state index < -0.39 is 23.9 Å². The van der Waals surface area contributed by atoms with Crippen molar-refractivity contribution in [1.82, 2.24) is 15.5 Å². The van der Waals surface area contributed by atoms with Crippen molar-refractivity contribution < 1.29 is 19.7 Å². The van der Waals surface area contributed by atoms with E-state index >= 15 is 0 Å². The Morgan fingerprint density at radius 3 is 2.78 bits per heavy atom. The molecule has 0 aliphatic heterocycles. The van der Waals surface area contributed by atoms with E-state index in [-0.39, 0.29) is 6.54 Å². The van der Waals surface area contributed by atoms with Crippen LogP contribution in [0.15, 0.2) is 22.7 Å². The number of benzene rings is 1. The number of carbonyl (C=O) groups excluding carboxylic acids is 1. The lowest BCUT2D eigenvalue weighted by Crippen LogP contribution is -2.39. The lowest BCUT2D eigenvalue weighted by molar-refractivity contribution is 0.0115. The Morgan fingerprint density at radius 2 is 2.13 bits per heavy atom. The number of nitrogens with zero attached hydrogens (tertiary/aromatic N) is 1. The highest BCUT2D eigenvalue weighted by Gasteiger charge is 2.24. The van der Waals surface area contributed by atoms with Crippen molar-refractivity contribution in [3.05, 3.63) is 28.4 Å². The third kappa shape index (κ3) is 4.66. The molecule has 4 N–H and O–H groups in total. The second kappa shape index (κ2) is 6.86. The molecule has 0 saturated carbocycles. The molecule has 0 saturated heterocycles. The highest BCUT2D eigenvalue weighted by atomic mass is 79.9. The van der Waals surface area contributed by atoms with Crippen molar-refractivity contribution in [3.63, 3.8) is 0 Å². The molecule has 2 aromatic rings. The summed E-state index contributed by atoms with van der Waals surface area (Å²) in [6.45, 7) is 5.08. The summed E-state index contributed by atoms with van der Waals surface area (Å²) in [5.41, 5.74) is 0.437. The van der Waals surface area contributed by atoms with Crippen molar-refractivity contribution in [1.29, 1.82) is 0 Å². The lowest BCUT2D eigenvalue weighted by Gasteiger charge is -2.21. The molecule has 126 valence electrons. The zero-order chi connectivity index (χ0) is 17.2. The topological polar surface area (TPSA) is 107 Å². The first kappa shape index (κ1) is 17.7. The minimum atomic E-state index is -1.21. The van der Waals surface area contributed by atoms with Crippen LogP contribution in [0.25, 0.3) is 10.9 Å². The molecule has 0 spiro atoms. The Bertz CT molecular complexity index is 696. The summed E-state index contributed by atoms with van der Waals surface area (Å²) in [6.07, 6.45) is -3.06. The maximum absolute atomic E-state index is 11.6. The average Bonchev–Trinajstić information content (AvgIpc) is 2.84. The van der Waals surface area contributed by atoms with Gasteiger partial charge < -0.3 is 20.3 Å². The number of aliphatic hydroxyl groups is 2. The number of aliphatic hydroxyl groups excluding tert-OH is 2. The van der Waals surface area contributed by atoms with Gasteiger partial charge in [-0.15, -0.1) is 0 Å². The zero-order valence-electron chi connectivity index (χ0n) is 13.1. The van der Waals surface area contributed by atoms with Crippen LogP contribution in [0.1, 0.15) is 32.6 Å². The number of H-pyrrole nitrogens is 1. The minimum absolute atomic E-state index is 0.146. The largest absolute Gasteiger partial charge is 0.444 e. The van der Waals surface area contributed by atoms with Gasteiger partial charge in [0.05, 0.1) is 11.2 Å². The van der Waals surface area contributed by atoms with Crippen LogP contribution in [0.2, 0.25) is 0 Å². The van der Waals surface area contributed by atoms with Crippen molar-refractivity contribution in [2.45, 2.75) is 38.6 Å². The highest BCUT2D eigenvalue weighted by Crippen LogP contribution is 2.26. The molecule has 0 aliphatic rings. The third-order valence-corrected chi connectivity index (χ3v) is 3.55. The lowest BCUT2D eigenvalue weighted by atomic mass is 10.1. The van der Waals surface area contributed by atoms with E-state index in [1.807, 2.05) is 6.07 Å². The monoisotopic (exact) mass is 385 g/mol. The number of ether oxygens (including phenoxy) is 1. The van der Waals surface area contributed by atoms with E-state index in [0.717, 1.165) is 4.47 Å². The molecule has 2 atom stereocenters. The molecule has 0 aliphatic carbocycles. The fourth-order valence-corrected chi connectivity index (χ4v) is 2.39. The van der Waals surface area contributed by atoms with Gasteiger partial charge in [0, 0.05) is 16.4 Å². The van der Waals surface area contributed by atoms with Gasteiger partial charge in [-0.05, 0) is 39.0 Å². The minimum Gasteiger partial charge on any atom is -0.444 e. The van der Waals surface area contributed by atoms with Crippen molar-refractivity contribution >= 4 is 32.9 Å². The molecule has 8 heteroatoms. The predicted molar refractivity (Wildman–Crippen MR) is 89.0 cm³/mol. The first-order valence-electron chi connectivity index (χ1n) is 7.14. The molecule has 1 aromatic heterocycles. The van der Waals surface area contributed by atoms with Gasteiger partial charge in [0.15, 0.2) is 0 Å². The van der Waals surface area contributed by atoms with Gasteiger partial charge in [0.25, 0.3) is 0 Å². The Labute approximate surface area is 142 Å². The van der Waals surface area contributed by atoms with Gasteiger partial charge in [0.1, 0.15) is 17.8 Å². The predicted octanol–water partition coefficient (Wildman–Crippen LogP) is 2.24. The maximum atomic E-state index is 11.6. The molecule has 1 aromatic carbocycles. The van der Waals surface area contributed by atoms with Gasteiger partial charge in [-0.1, -0.05) is 15.9 Å². The number of alkyl carbamates (subject to hydrolysis) is 1. The van der Waals surface area contributed by atoms with Crippen LogP contribution in [-0.2, 0) is 4.74 Å². The molecule has 0 radical (unpaired) electrons. The number of aromatic amines is 1. The van der Waals surface area contributed by atoms with E-state index in [1.165, 1.54) is 0 Å². The number of halogens is 1. The van der Waals surface area contributed by atoms with Crippen LogP contribution in [0.5, 0.6) is 0 Å². The van der Waals surface area contributed by atoms with Crippen molar-refractivity contribution in [3.8, 4) is 0 Å². The fraction of sp³-hybridized carbons (Fsp3) is 0.467. The molecule has 1 heterocycles. The number of carbonyl (C=O) groups is 1. The molecular weight excluding hydrogens is 366 g/mol. The summed E-state index contributed by atoms with van der Waals surface area (Å²) in [5.74, 6) is 0. The molecule has 7 nitrogen and oxygen atoms in total. The number of hydrogen-bond donors (Lipinski definition) is 4. The molecule has 2 unspecified atom stereocenters. The van der Waals surface area contributed by atoms with Crippen LogP contribution in [0.3, 0.4) is 0 Å². The fourth-order valence-electron chi connectivity index (χ4n) is 2.04. The molecule has 23 heavy (non-hydrogen) atoms. The van der Waals surface area contributed by atoms with Crippen LogP contribution in [0.4, 0.5) is 4.79 Å². The smallest absolute Gasteiger partial charge is 0.407 e. The summed E-state index contributed by atoms with van der Waals surface area (Å²) in [6, 6.07) is 5.41. The quantitative estimate of drug-likeness (QED) is 0.645. The number of rotatable bonds is 4. The van der Waals surface area contributed by atoms with E-state index in [0.29, 0.717) is 16.6 Å². The number of aromatic nitrogens is 2. The molecule has 1 amide bonds. The first-order chi connectivity index (χ1) is 10.7. The summed E-state index contributed by atoms with van der Waals surface area (Å²) in [4.78, 5) is 11.6. The molecule has 0 bridgehead atoms. The van der Waals surface area contributed by atoms with Gasteiger partial charge >= 0.3 is 6.09 Å². The van der Waals surface area contributed by atoms with E-state index in [9.17, 15) is 15.0 Å². The summed E-state index contributed by atoms with van der Waals surface area (Å²) >= 11 is 3.35. The second-order valence-electron chi connectivity index (χ2n) is 6.19. The third-order valence-electron chi connectivity index (χ3n) is 3.06. The van der Waals surface area contributed by atoms with Gasteiger partial charge in [0.2, 0.25) is 0 Å². The average molecular weight is 386 g/mol. The number of nitrogens with one attached hydrogen (secondary N) is 2. The number of fused-ring (bicyclic) bond motifs is 1. The Balaban J connectivity index is 2.01. The van der Waals surface area contributed by atoms with Crippen LogP contribution >= 0.6 is 15.9 Å². The molecule has 0 fully saturated rings. The van der Waals surface area contributed by atoms with Gasteiger partial charge in [-0.25, -0.2) is 4.79 Å². The second-order valence-corrected chi connectivity index (χ2v) is 7.11. The van der Waals surface area contributed by atoms with E-state index in [1.54, 1.807) is 32.9 Å². The van der Waals surface area contributed by atoms with Crippen LogP contribution in [-0.4, -0.2) is 44.8 Å². The standard InChI is InChI=1S/C15H20BrN3O4/c1-15(2,3)23-14(22)17-7-11(20)13(21)12-9-5-4-8(16)6-10(9)18-19-12/h4-6,11,13,20-21H,7H2,1-3H3,(H,17,22)(H,18,19). The summed E-state index contributed by atoms with van der Waals surface area (Å²) in [5, 5.41) is 30.3. The Kier molecular flexibility index (Phi) is 5.28. The Morgan fingerprint density at radius 1 is 1.43 bits per heavy atom. The van der Waals surface area contributed by atoms with Crippen LogP contribution in [0, 0.1) is 0 Å². The zero-order valence-corrected chi connectivity index (χ0v) is 14.7. The van der Waals surface area contributed by atoms with Gasteiger partial charge in [-0.3, -0.25) is 5.10 Å². The number of amides is 1. The molecular formula is C15H20BrN3O4. The molecule has 2 rings (SSSR count). The number of hydrogen-bond acceptors (Lipinski definition) is 5. The normalized spacial score (nSPS) is 14.5. The summed E-state index contributed by atoms with van der Waals surface area (Å²) < 4.78 is 5.94. The van der Waals surface area contributed by atoms with E-state index in [4.69, 9.17) is 4.74 Å². The Hall–Kier alpha value is -1.64. The van der Waals surface area contributed by atoms with Gasteiger partial charge in [-0.2, -0.15) is 5.10 Å². The highest BCUT2D eigenvalue weighted by molar-refractivity contribution is 9.10. The summed E-state index contributed by atoms with van der Waals surface area (Å²) in [7, 11) is 0. The van der Waals surface area contributed by atoms with Crippen molar-refractivity contribution in [2.24, 2.45) is 0 Å². The first-order valence-corrected chi connectivity index (χ1v) is 7.93. The van der Waals surface area contributed by atoms with Crippen molar-refractivity contribution in [2.75, 3.05) is 6.54 Å².